The van der Waals surface area contributed by atoms with Gasteiger partial charge in [0.15, 0.2) is 0 Å². The number of hydrogen-bond acceptors (Lipinski definition) is 7. The van der Waals surface area contributed by atoms with Crippen molar-refractivity contribution in [2.24, 2.45) is 0 Å². The molecule has 2 aromatic rings. The molecule has 0 saturated carbocycles. The Morgan fingerprint density at radius 1 is 1.23 bits per heavy atom. The Balaban J connectivity index is 0.000000540. The lowest BCUT2D eigenvalue weighted by molar-refractivity contribution is -0.192. The quantitative estimate of drug-likeness (QED) is 0.491. The Bertz CT molecular complexity index is 1310. The number of sulfonamides is 2. The fraction of sp³-hybridized carbons (Fsp3) is 0.444. The molecule has 11 nitrogen and oxygen atoms in total. The van der Waals surface area contributed by atoms with E-state index in [0.29, 0.717) is 26.8 Å². The first-order valence-electron chi connectivity index (χ1n) is 9.71. The number of carboxylic acid groups (broad SMARTS) is 1. The molecule has 1 aromatic heterocycles. The number of amides is 1. The molecule has 0 spiro atoms. The first-order valence-corrected chi connectivity index (χ1v) is 13.4. The number of aromatic nitrogens is 1. The van der Waals surface area contributed by atoms with E-state index in [0.717, 1.165) is 6.26 Å². The van der Waals surface area contributed by atoms with E-state index in [-0.39, 0.29) is 24.5 Å². The summed E-state index contributed by atoms with van der Waals surface area (Å²) in [5, 5.41) is 11.4. The third kappa shape index (κ3) is 7.54. The number of benzene rings is 1. The minimum absolute atomic E-state index is 0.0463. The van der Waals surface area contributed by atoms with Gasteiger partial charge in [-0.1, -0.05) is 11.6 Å². The number of fused-ring (bicyclic) bond motifs is 1. The molecule has 17 heteroatoms. The summed E-state index contributed by atoms with van der Waals surface area (Å²) in [7, 11) is -6.27. The first-order chi connectivity index (χ1) is 15.9. The van der Waals surface area contributed by atoms with Gasteiger partial charge in [0.2, 0.25) is 15.9 Å². The van der Waals surface area contributed by atoms with Gasteiger partial charge in [0, 0.05) is 55.1 Å². The maximum absolute atomic E-state index is 13.0. The molecule has 0 radical (unpaired) electrons. The molecule has 196 valence electrons. The second-order valence-corrected chi connectivity index (χ2v) is 11.9. The van der Waals surface area contributed by atoms with E-state index in [2.05, 4.69) is 10.3 Å². The van der Waals surface area contributed by atoms with E-state index in [1.807, 2.05) is 0 Å². The summed E-state index contributed by atoms with van der Waals surface area (Å²) in [6, 6.07) is 6.08. The van der Waals surface area contributed by atoms with Crippen molar-refractivity contribution in [1.82, 2.24) is 18.9 Å². The Morgan fingerprint density at radius 3 is 2.37 bits per heavy atom. The number of alkyl halides is 3. The van der Waals surface area contributed by atoms with E-state index in [4.69, 9.17) is 21.5 Å². The number of nitrogens with zero attached hydrogens (tertiary/aromatic N) is 2. The number of aromatic amines is 1. The van der Waals surface area contributed by atoms with Crippen LogP contribution in [-0.4, -0.2) is 92.6 Å². The van der Waals surface area contributed by atoms with Crippen molar-refractivity contribution in [1.29, 1.82) is 0 Å². The SMILES string of the molecule is CN(C(=O)CC1CN(S(=O)(=O)c2cc3cc(Cl)ccc3[nH]2)CCN1)S(C)(=O)=O.O=C(O)C(F)(F)F. The Labute approximate surface area is 203 Å². The minimum Gasteiger partial charge on any atom is -0.475 e. The molecule has 0 bridgehead atoms. The third-order valence-electron chi connectivity index (χ3n) is 4.91. The highest BCUT2D eigenvalue weighted by Gasteiger charge is 2.38. The normalized spacial score (nSPS) is 17.5. The molecular weight excluding hydrogens is 541 g/mol. The molecule has 1 aliphatic rings. The third-order valence-corrected chi connectivity index (χ3v) is 8.13. The molecule has 1 aromatic carbocycles. The molecule has 1 atom stereocenters. The van der Waals surface area contributed by atoms with Crippen LogP contribution in [0.3, 0.4) is 0 Å². The molecule has 3 rings (SSSR count). The van der Waals surface area contributed by atoms with Crippen LogP contribution < -0.4 is 5.32 Å². The zero-order chi connectivity index (χ0) is 26.8. The monoisotopic (exact) mass is 562 g/mol. The van der Waals surface area contributed by atoms with E-state index in [9.17, 15) is 34.8 Å². The van der Waals surface area contributed by atoms with Crippen molar-refractivity contribution >= 4 is 54.4 Å². The summed E-state index contributed by atoms with van der Waals surface area (Å²) in [5.74, 6) is -3.35. The molecule has 1 aliphatic heterocycles. The van der Waals surface area contributed by atoms with Crippen LogP contribution in [0.5, 0.6) is 0 Å². The average molecular weight is 563 g/mol. The lowest BCUT2D eigenvalue weighted by atomic mass is 10.1. The number of carbonyl (C=O) groups is 2. The van der Waals surface area contributed by atoms with Gasteiger partial charge in [-0.3, -0.25) is 4.79 Å². The van der Waals surface area contributed by atoms with E-state index in [1.165, 1.54) is 17.4 Å². The smallest absolute Gasteiger partial charge is 0.475 e. The van der Waals surface area contributed by atoms with Crippen LogP contribution >= 0.6 is 11.6 Å². The first kappa shape index (κ1) is 28.8. The highest BCUT2D eigenvalue weighted by Crippen LogP contribution is 2.25. The highest BCUT2D eigenvalue weighted by atomic mass is 35.5. The topological polar surface area (TPSA) is 157 Å². The van der Waals surface area contributed by atoms with Crippen LogP contribution in [0.1, 0.15) is 6.42 Å². The van der Waals surface area contributed by atoms with Crippen molar-refractivity contribution < 1.29 is 44.7 Å². The van der Waals surface area contributed by atoms with Crippen molar-refractivity contribution in [3.63, 3.8) is 0 Å². The number of piperazine rings is 1. The van der Waals surface area contributed by atoms with Crippen molar-refractivity contribution in [2.45, 2.75) is 23.7 Å². The molecule has 1 unspecified atom stereocenters. The summed E-state index contributed by atoms with van der Waals surface area (Å²) in [4.78, 5) is 23.9. The average Bonchev–Trinajstić information content (AvgIpc) is 3.16. The van der Waals surface area contributed by atoms with E-state index < -0.39 is 44.1 Å². The summed E-state index contributed by atoms with van der Waals surface area (Å²) in [5.41, 5.74) is 0.652. The summed E-state index contributed by atoms with van der Waals surface area (Å²) in [6.45, 7) is 0.651. The maximum atomic E-state index is 13.0. The van der Waals surface area contributed by atoms with Gasteiger partial charge in [-0.15, -0.1) is 0 Å². The lowest BCUT2D eigenvalue weighted by Crippen LogP contribution is -2.54. The number of nitrogens with one attached hydrogen (secondary N) is 2. The summed E-state index contributed by atoms with van der Waals surface area (Å²) >= 11 is 5.96. The largest absolute Gasteiger partial charge is 0.490 e. The van der Waals surface area contributed by atoms with Crippen molar-refractivity contribution in [3.8, 4) is 0 Å². The molecular formula is C18H22ClF3N4O7S2. The van der Waals surface area contributed by atoms with Crippen LogP contribution in [0.25, 0.3) is 10.9 Å². The van der Waals surface area contributed by atoms with Crippen molar-refractivity contribution in [3.05, 3.63) is 29.3 Å². The molecule has 1 amide bonds. The van der Waals surface area contributed by atoms with Gasteiger partial charge >= 0.3 is 12.1 Å². The van der Waals surface area contributed by atoms with Gasteiger partial charge in [0.05, 0.1) is 6.26 Å². The number of carbonyl (C=O) groups excluding carboxylic acids is 1. The molecule has 3 N–H and O–H groups in total. The molecule has 1 saturated heterocycles. The van der Waals surface area contributed by atoms with Gasteiger partial charge in [0.1, 0.15) is 5.03 Å². The number of halogens is 4. The number of H-pyrrole nitrogens is 1. The van der Waals surface area contributed by atoms with E-state index >= 15 is 0 Å². The number of aliphatic carboxylic acids is 1. The van der Waals surface area contributed by atoms with Gasteiger partial charge in [-0.25, -0.2) is 25.9 Å². The van der Waals surface area contributed by atoms with Gasteiger partial charge < -0.3 is 15.4 Å². The fourth-order valence-electron chi connectivity index (χ4n) is 3.03. The Morgan fingerprint density at radius 2 is 1.83 bits per heavy atom. The van der Waals surface area contributed by atoms with Crippen molar-refractivity contribution in [2.75, 3.05) is 32.9 Å². The van der Waals surface area contributed by atoms with Crippen LogP contribution in [0, 0.1) is 0 Å². The van der Waals surface area contributed by atoms with E-state index in [1.54, 1.807) is 18.2 Å². The number of rotatable bonds is 5. The number of carboxylic acids is 1. The Hall–Kier alpha value is -2.40. The Kier molecular flexibility index (Phi) is 8.81. The molecule has 2 heterocycles. The predicted molar refractivity (Wildman–Crippen MR) is 120 cm³/mol. The second kappa shape index (κ2) is 10.7. The lowest BCUT2D eigenvalue weighted by Gasteiger charge is -2.32. The van der Waals surface area contributed by atoms with Gasteiger partial charge in [-0.05, 0) is 24.3 Å². The highest BCUT2D eigenvalue weighted by molar-refractivity contribution is 7.89. The molecule has 35 heavy (non-hydrogen) atoms. The second-order valence-electron chi connectivity index (χ2n) is 7.51. The van der Waals surface area contributed by atoms with Crippen LogP contribution in [0.15, 0.2) is 29.3 Å². The van der Waals surface area contributed by atoms with Crippen LogP contribution in [-0.2, 0) is 29.6 Å². The van der Waals surface area contributed by atoms with Gasteiger partial charge in [0.25, 0.3) is 10.0 Å². The molecule has 0 aliphatic carbocycles. The fourth-order valence-corrected chi connectivity index (χ4v) is 5.16. The van der Waals surface area contributed by atoms with Crippen LogP contribution in [0.4, 0.5) is 13.2 Å². The minimum atomic E-state index is -5.08. The van der Waals surface area contributed by atoms with Crippen LogP contribution in [0.2, 0.25) is 5.02 Å². The zero-order valence-corrected chi connectivity index (χ0v) is 20.7. The molecule has 1 fully saturated rings. The summed E-state index contributed by atoms with van der Waals surface area (Å²) in [6.07, 6.45) is -4.27. The maximum Gasteiger partial charge on any atom is 0.490 e. The zero-order valence-electron chi connectivity index (χ0n) is 18.3. The standard InChI is InChI=1S/C16H21ClN4O5S2.C2HF3O2/c1-20(27(2,23)24)16(22)9-13-10-21(6-5-18-13)28(25,26)15-8-11-7-12(17)3-4-14(11)19-15;3-2(4,5)1(6)7/h3-4,7-8,13,18-19H,5-6,9-10H2,1-2H3;(H,6,7). The van der Waals surface area contributed by atoms with Gasteiger partial charge in [-0.2, -0.15) is 17.5 Å². The summed E-state index contributed by atoms with van der Waals surface area (Å²) < 4.78 is 82.7. The number of hydrogen-bond donors (Lipinski definition) is 3. The predicted octanol–water partition coefficient (Wildman–Crippen LogP) is 1.23.